The van der Waals surface area contributed by atoms with Crippen molar-refractivity contribution in [3.05, 3.63) is 106 Å². The summed E-state index contributed by atoms with van der Waals surface area (Å²) in [6.07, 6.45) is 3.81. The number of aromatic hydroxyl groups is 1. The third-order valence-corrected chi connectivity index (χ3v) is 8.86. The number of amides is 1. The number of carboxylic acids is 1. The number of unbranched alkanes of at least 4 members (excludes halogenated alkanes) is 3. The van der Waals surface area contributed by atoms with Crippen LogP contribution in [0.25, 0.3) is 10.9 Å². The topological polar surface area (TPSA) is 152 Å². The van der Waals surface area contributed by atoms with Gasteiger partial charge in [0, 0.05) is 36.7 Å². The fourth-order valence-corrected chi connectivity index (χ4v) is 6.14. The lowest BCUT2D eigenvalue weighted by Crippen LogP contribution is -2.49. The number of ether oxygens (including phenoxy) is 1. The maximum atomic E-state index is 13.1. The molecule has 1 aliphatic rings. The van der Waals surface area contributed by atoms with Crippen molar-refractivity contribution in [3.63, 3.8) is 0 Å². The minimum atomic E-state index is -0.969. The Bertz CT molecular complexity index is 1680. The number of piperidine rings is 1. The van der Waals surface area contributed by atoms with Crippen molar-refractivity contribution >= 4 is 22.8 Å². The molecule has 0 bridgehead atoms. The number of carbonyl (C=O) groups excluding carboxylic acids is 1. The molecule has 242 valence electrons. The number of carbonyl (C=O) groups is 2. The number of aliphatic carboxylic acids is 1. The van der Waals surface area contributed by atoms with Crippen molar-refractivity contribution in [2.75, 3.05) is 32.8 Å². The number of aromatic nitrogens is 1. The van der Waals surface area contributed by atoms with Crippen molar-refractivity contribution in [2.45, 2.75) is 50.0 Å². The van der Waals surface area contributed by atoms with Gasteiger partial charge in [-0.2, -0.15) is 0 Å². The predicted molar refractivity (Wildman–Crippen MR) is 175 cm³/mol. The molecule has 10 nitrogen and oxygen atoms in total. The number of nitrogens with zero attached hydrogens (tertiary/aromatic N) is 1. The molecule has 0 saturated carbocycles. The fraction of sp³-hybridized carbons (Fsp3) is 0.361. The zero-order valence-electron chi connectivity index (χ0n) is 25.8. The first-order valence-corrected chi connectivity index (χ1v) is 15.8. The Labute approximate surface area is 267 Å². The Kier molecular flexibility index (Phi) is 10.7. The highest BCUT2D eigenvalue weighted by atomic mass is 16.5. The number of benzene rings is 3. The first-order chi connectivity index (χ1) is 22.3. The summed E-state index contributed by atoms with van der Waals surface area (Å²) in [5.74, 6) is -0.282. The lowest BCUT2D eigenvalue weighted by atomic mass is 9.73. The van der Waals surface area contributed by atoms with E-state index in [9.17, 15) is 29.7 Å². The Morgan fingerprint density at radius 2 is 1.63 bits per heavy atom. The number of phenolic OH excluding ortho intramolecular Hbond substituents is 1. The first kappa shape index (κ1) is 32.7. The van der Waals surface area contributed by atoms with Gasteiger partial charge in [0.1, 0.15) is 11.5 Å². The molecule has 0 radical (unpaired) electrons. The standard InChI is InChI=1S/C36H41N3O7/c40-30-16-14-28(29-15-17-32(42)38-33(29)30)31(41)24-37-20-6-1-2-7-23-46-27-12-10-25(11-13-27)34(43)39-21-18-36(19-22-39,35(44)45)26-8-4-3-5-9-26/h3-5,8-17,31,37,40-41H,1-2,6-7,18-24H2,(H,38,42)(H,44,45)/t31-/m0/s1. The largest absolute Gasteiger partial charge is 0.506 e. The second kappa shape index (κ2) is 15.1. The van der Waals surface area contributed by atoms with Gasteiger partial charge in [-0.05, 0) is 79.8 Å². The second-order valence-electron chi connectivity index (χ2n) is 11.8. The van der Waals surface area contributed by atoms with E-state index in [1.807, 2.05) is 30.3 Å². The first-order valence-electron chi connectivity index (χ1n) is 15.8. The highest BCUT2D eigenvalue weighted by molar-refractivity contribution is 5.94. The van der Waals surface area contributed by atoms with Gasteiger partial charge in [0.05, 0.1) is 23.6 Å². The normalized spacial score (nSPS) is 15.0. The van der Waals surface area contributed by atoms with Crippen LogP contribution >= 0.6 is 0 Å². The molecular formula is C36H41N3O7. The summed E-state index contributed by atoms with van der Waals surface area (Å²) in [7, 11) is 0. The highest BCUT2D eigenvalue weighted by Gasteiger charge is 2.43. The number of aliphatic hydroxyl groups is 1. The van der Waals surface area contributed by atoms with E-state index in [-0.39, 0.29) is 17.2 Å². The molecule has 1 amide bonds. The van der Waals surface area contributed by atoms with Crippen molar-refractivity contribution in [2.24, 2.45) is 0 Å². The molecule has 1 atom stereocenters. The predicted octanol–water partition coefficient (Wildman–Crippen LogP) is 4.75. The number of aromatic amines is 1. The zero-order chi connectivity index (χ0) is 32.5. The van der Waals surface area contributed by atoms with Gasteiger partial charge in [-0.1, -0.05) is 49.2 Å². The van der Waals surface area contributed by atoms with Crippen LogP contribution < -0.4 is 15.6 Å². The van der Waals surface area contributed by atoms with Crippen molar-refractivity contribution in [1.82, 2.24) is 15.2 Å². The third-order valence-electron chi connectivity index (χ3n) is 8.86. The van der Waals surface area contributed by atoms with Crippen LogP contribution in [0.4, 0.5) is 0 Å². The van der Waals surface area contributed by atoms with E-state index in [4.69, 9.17) is 4.74 Å². The number of fused-ring (bicyclic) bond motifs is 1. The van der Waals surface area contributed by atoms with Crippen molar-refractivity contribution < 1.29 is 29.6 Å². The quantitative estimate of drug-likeness (QED) is 0.126. The van der Waals surface area contributed by atoms with E-state index in [1.165, 1.54) is 12.1 Å². The summed E-state index contributed by atoms with van der Waals surface area (Å²) in [6.45, 7) is 2.44. The van der Waals surface area contributed by atoms with Crippen LogP contribution in [0.15, 0.2) is 83.7 Å². The van der Waals surface area contributed by atoms with Crippen LogP contribution in [0, 0.1) is 0 Å². The maximum absolute atomic E-state index is 13.1. The van der Waals surface area contributed by atoms with E-state index in [0.29, 0.717) is 66.9 Å². The summed E-state index contributed by atoms with van der Waals surface area (Å²) in [4.78, 5) is 41.3. The summed E-state index contributed by atoms with van der Waals surface area (Å²) < 4.78 is 5.87. The minimum absolute atomic E-state index is 0.0309. The molecule has 4 aromatic rings. The van der Waals surface area contributed by atoms with Gasteiger partial charge in [-0.25, -0.2) is 0 Å². The fourth-order valence-electron chi connectivity index (χ4n) is 6.14. The molecule has 46 heavy (non-hydrogen) atoms. The van der Waals surface area contributed by atoms with Crippen LogP contribution in [0.5, 0.6) is 11.5 Å². The molecule has 3 aromatic carbocycles. The molecule has 1 saturated heterocycles. The lowest BCUT2D eigenvalue weighted by Gasteiger charge is -2.39. The summed E-state index contributed by atoms with van der Waals surface area (Å²) in [5.41, 5.74) is 1.02. The number of pyridine rings is 1. The van der Waals surface area contributed by atoms with Crippen LogP contribution in [0.3, 0.4) is 0 Å². The van der Waals surface area contributed by atoms with Gasteiger partial charge >= 0.3 is 5.97 Å². The van der Waals surface area contributed by atoms with Gasteiger partial charge in [0.2, 0.25) is 5.56 Å². The molecule has 2 heterocycles. The van der Waals surface area contributed by atoms with E-state index in [1.54, 1.807) is 41.3 Å². The molecule has 0 spiro atoms. The number of nitrogens with one attached hydrogen (secondary N) is 2. The lowest BCUT2D eigenvalue weighted by molar-refractivity contribution is -0.145. The van der Waals surface area contributed by atoms with Crippen LogP contribution in [0.2, 0.25) is 0 Å². The smallest absolute Gasteiger partial charge is 0.314 e. The van der Waals surface area contributed by atoms with E-state index < -0.39 is 17.5 Å². The summed E-state index contributed by atoms with van der Waals surface area (Å²) in [6, 6.07) is 22.5. The number of aliphatic hydroxyl groups excluding tert-OH is 1. The molecule has 0 aliphatic carbocycles. The Hall–Kier alpha value is -4.67. The molecule has 10 heteroatoms. The van der Waals surface area contributed by atoms with Gasteiger partial charge in [0.25, 0.3) is 5.91 Å². The maximum Gasteiger partial charge on any atom is 0.314 e. The number of H-pyrrole nitrogens is 1. The second-order valence-corrected chi connectivity index (χ2v) is 11.8. The van der Waals surface area contributed by atoms with E-state index in [0.717, 1.165) is 37.8 Å². The van der Waals surface area contributed by atoms with Crippen LogP contribution in [0.1, 0.15) is 66.1 Å². The number of rotatable bonds is 14. The average molecular weight is 628 g/mol. The number of phenols is 1. The summed E-state index contributed by atoms with van der Waals surface area (Å²) in [5, 5.41) is 34.6. The van der Waals surface area contributed by atoms with E-state index >= 15 is 0 Å². The Morgan fingerprint density at radius 3 is 2.35 bits per heavy atom. The Morgan fingerprint density at radius 1 is 0.913 bits per heavy atom. The van der Waals surface area contributed by atoms with Gasteiger partial charge in [0.15, 0.2) is 0 Å². The zero-order valence-corrected chi connectivity index (χ0v) is 25.8. The van der Waals surface area contributed by atoms with Crippen LogP contribution in [-0.2, 0) is 10.2 Å². The number of carboxylic acid groups (broad SMARTS) is 1. The minimum Gasteiger partial charge on any atom is -0.506 e. The van der Waals surface area contributed by atoms with Crippen LogP contribution in [-0.4, -0.2) is 69.9 Å². The molecule has 1 fully saturated rings. The highest BCUT2D eigenvalue weighted by Crippen LogP contribution is 2.36. The monoisotopic (exact) mass is 627 g/mol. The van der Waals surface area contributed by atoms with Gasteiger partial charge < -0.3 is 35.3 Å². The van der Waals surface area contributed by atoms with E-state index in [2.05, 4.69) is 10.3 Å². The van der Waals surface area contributed by atoms with Gasteiger partial charge in [-0.3, -0.25) is 14.4 Å². The van der Waals surface area contributed by atoms with Crippen molar-refractivity contribution in [1.29, 1.82) is 0 Å². The molecule has 1 aromatic heterocycles. The summed E-state index contributed by atoms with van der Waals surface area (Å²) >= 11 is 0. The molecule has 5 rings (SSSR count). The number of hydrogen-bond acceptors (Lipinski definition) is 7. The molecule has 5 N–H and O–H groups in total. The molecule has 1 aliphatic heterocycles. The third kappa shape index (κ3) is 7.58. The van der Waals surface area contributed by atoms with Crippen molar-refractivity contribution in [3.8, 4) is 11.5 Å². The molecular weight excluding hydrogens is 586 g/mol. The average Bonchev–Trinajstić information content (AvgIpc) is 3.08. The van der Waals surface area contributed by atoms with Gasteiger partial charge in [-0.15, -0.1) is 0 Å². The number of hydrogen-bond donors (Lipinski definition) is 5. The Balaban J connectivity index is 0.972. The SMILES string of the molecule is O=C(c1ccc(OCCCCCCNC[C@H](O)c2ccc(O)c3[nH]c(=O)ccc23)cc1)N1CCC(C(=O)O)(c2ccccc2)CC1. The number of likely N-dealkylation sites (tertiary alicyclic amines) is 1. The molecule has 0 unspecified atom stereocenters.